The van der Waals surface area contributed by atoms with Gasteiger partial charge in [-0.25, -0.2) is 4.98 Å². The second-order valence-corrected chi connectivity index (χ2v) is 6.45. The molecule has 0 radical (unpaired) electrons. The van der Waals surface area contributed by atoms with Gasteiger partial charge in [0.2, 0.25) is 0 Å². The van der Waals surface area contributed by atoms with Gasteiger partial charge in [0.15, 0.2) is 0 Å². The summed E-state index contributed by atoms with van der Waals surface area (Å²) in [5.41, 5.74) is 0.643. The molecule has 1 amide bonds. The van der Waals surface area contributed by atoms with E-state index in [1.54, 1.807) is 19.2 Å². The average Bonchev–Trinajstić information content (AvgIpc) is 3.16. The number of amides is 1. The molecule has 2 fully saturated rings. The summed E-state index contributed by atoms with van der Waals surface area (Å²) in [5, 5.41) is 3.32. The van der Waals surface area contributed by atoms with E-state index in [9.17, 15) is 4.79 Å². The summed E-state index contributed by atoms with van der Waals surface area (Å²) < 4.78 is 0. The lowest BCUT2D eigenvalue weighted by Gasteiger charge is -2.29. The van der Waals surface area contributed by atoms with Gasteiger partial charge in [0.1, 0.15) is 11.0 Å². The minimum absolute atomic E-state index is 0.102. The number of nitrogens with zero attached hydrogens (tertiary/aromatic N) is 2. The number of hydrogen-bond acceptors (Lipinski definition) is 3. The Morgan fingerprint density at radius 2 is 2.05 bits per heavy atom. The van der Waals surface area contributed by atoms with Crippen molar-refractivity contribution >= 4 is 23.3 Å². The fourth-order valence-electron chi connectivity index (χ4n) is 3.79. The zero-order valence-corrected chi connectivity index (χ0v) is 13.2. The molecule has 1 aromatic heterocycles. The van der Waals surface area contributed by atoms with Crippen molar-refractivity contribution in [2.45, 2.75) is 44.6 Å². The molecule has 3 rings (SSSR count). The number of likely N-dealkylation sites (tertiary alicyclic amines) is 1. The molecule has 1 N–H and O–H groups in total. The van der Waals surface area contributed by atoms with Crippen molar-refractivity contribution in [3.63, 3.8) is 0 Å². The summed E-state index contributed by atoms with van der Waals surface area (Å²) in [5.74, 6) is 1.44. The van der Waals surface area contributed by atoms with E-state index >= 15 is 0 Å². The SMILES string of the molecule is CNc1cc(C(=O)N2CCCC2C2CCCC2)cc(Cl)n1. The van der Waals surface area contributed by atoms with Crippen molar-refractivity contribution in [2.75, 3.05) is 18.9 Å². The summed E-state index contributed by atoms with van der Waals surface area (Å²) in [7, 11) is 1.78. The first-order chi connectivity index (χ1) is 10.2. The Hall–Kier alpha value is -1.29. The van der Waals surface area contributed by atoms with Gasteiger partial charge >= 0.3 is 0 Å². The Labute approximate surface area is 130 Å². The van der Waals surface area contributed by atoms with Gasteiger partial charge in [-0.2, -0.15) is 0 Å². The van der Waals surface area contributed by atoms with Crippen LogP contribution in [0.1, 0.15) is 48.9 Å². The third-order valence-corrected chi connectivity index (χ3v) is 4.99. The molecule has 0 spiro atoms. The van der Waals surface area contributed by atoms with Crippen LogP contribution in [-0.4, -0.2) is 35.4 Å². The van der Waals surface area contributed by atoms with E-state index in [1.807, 2.05) is 0 Å². The maximum absolute atomic E-state index is 12.8. The molecular weight excluding hydrogens is 286 g/mol. The smallest absolute Gasteiger partial charge is 0.254 e. The molecule has 1 saturated heterocycles. The largest absolute Gasteiger partial charge is 0.373 e. The van der Waals surface area contributed by atoms with Gasteiger partial charge < -0.3 is 10.2 Å². The molecule has 21 heavy (non-hydrogen) atoms. The molecule has 4 nitrogen and oxygen atoms in total. The molecule has 0 aromatic carbocycles. The minimum atomic E-state index is 0.102. The molecule has 5 heteroatoms. The molecule has 1 aliphatic carbocycles. The third kappa shape index (κ3) is 3.00. The first-order valence-electron chi connectivity index (χ1n) is 7.85. The van der Waals surface area contributed by atoms with Crippen LogP contribution in [0.25, 0.3) is 0 Å². The number of aromatic nitrogens is 1. The number of nitrogens with one attached hydrogen (secondary N) is 1. The van der Waals surface area contributed by atoms with Crippen LogP contribution in [0.2, 0.25) is 5.15 Å². The van der Waals surface area contributed by atoms with Crippen molar-refractivity contribution in [1.29, 1.82) is 0 Å². The van der Waals surface area contributed by atoms with Gasteiger partial charge in [-0.15, -0.1) is 0 Å². The van der Waals surface area contributed by atoms with Crippen LogP contribution in [0.3, 0.4) is 0 Å². The molecule has 1 atom stereocenters. The monoisotopic (exact) mass is 307 g/mol. The van der Waals surface area contributed by atoms with E-state index in [-0.39, 0.29) is 5.91 Å². The zero-order valence-electron chi connectivity index (χ0n) is 12.4. The number of halogens is 1. The van der Waals surface area contributed by atoms with Crippen molar-refractivity contribution in [2.24, 2.45) is 5.92 Å². The molecule has 2 heterocycles. The van der Waals surface area contributed by atoms with Crippen LogP contribution < -0.4 is 5.32 Å². The highest BCUT2D eigenvalue weighted by molar-refractivity contribution is 6.29. The van der Waals surface area contributed by atoms with Gasteiger partial charge in [0.25, 0.3) is 5.91 Å². The zero-order chi connectivity index (χ0) is 14.8. The number of anilines is 1. The van der Waals surface area contributed by atoms with Gasteiger partial charge in [-0.1, -0.05) is 24.4 Å². The van der Waals surface area contributed by atoms with Crippen molar-refractivity contribution in [3.05, 3.63) is 22.8 Å². The Bertz CT molecular complexity index is 528. The second kappa shape index (κ2) is 6.22. The van der Waals surface area contributed by atoms with E-state index in [2.05, 4.69) is 15.2 Å². The average molecular weight is 308 g/mol. The fraction of sp³-hybridized carbons (Fsp3) is 0.625. The molecule has 0 bridgehead atoms. The lowest BCUT2D eigenvalue weighted by Crippen LogP contribution is -2.39. The number of carbonyl (C=O) groups excluding carboxylic acids is 1. The quantitative estimate of drug-likeness (QED) is 0.868. The maximum atomic E-state index is 12.8. The molecule has 1 unspecified atom stereocenters. The highest BCUT2D eigenvalue weighted by Crippen LogP contribution is 2.36. The predicted molar refractivity (Wildman–Crippen MR) is 84.8 cm³/mol. The number of hydrogen-bond donors (Lipinski definition) is 1. The van der Waals surface area contributed by atoms with E-state index < -0.39 is 0 Å². The first kappa shape index (κ1) is 14.6. The van der Waals surface area contributed by atoms with E-state index in [0.717, 1.165) is 19.4 Å². The Balaban J connectivity index is 1.81. The highest BCUT2D eigenvalue weighted by atomic mass is 35.5. The Morgan fingerprint density at radius 1 is 1.29 bits per heavy atom. The molecule has 2 aliphatic rings. The topological polar surface area (TPSA) is 45.2 Å². The van der Waals surface area contributed by atoms with Gasteiger partial charge in [0.05, 0.1) is 0 Å². The molecule has 1 saturated carbocycles. The van der Waals surface area contributed by atoms with E-state index in [0.29, 0.717) is 28.5 Å². The van der Waals surface area contributed by atoms with Crippen LogP contribution in [0, 0.1) is 5.92 Å². The van der Waals surface area contributed by atoms with Gasteiger partial charge in [0, 0.05) is 25.2 Å². The van der Waals surface area contributed by atoms with Crippen LogP contribution in [-0.2, 0) is 0 Å². The number of carbonyl (C=O) groups is 1. The summed E-state index contributed by atoms with van der Waals surface area (Å²) in [4.78, 5) is 19.1. The van der Waals surface area contributed by atoms with Crippen LogP contribution in [0.4, 0.5) is 5.82 Å². The number of rotatable bonds is 3. The normalized spacial score (nSPS) is 22.8. The van der Waals surface area contributed by atoms with Gasteiger partial charge in [-0.05, 0) is 43.7 Å². The van der Waals surface area contributed by atoms with Crippen molar-refractivity contribution < 1.29 is 4.79 Å². The third-order valence-electron chi connectivity index (χ3n) is 4.80. The summed E-state index contributed by atoms with van der Waals surface area (Å²) in [6.07, 6.45) is 7.43. The van der Waals surface area contributed by atoms with Gasteiger partial charge in [-0.3, -0.25) is 4.79 Å². The van der Waals surface area contributed by atoms with E-state index in [4.69, 9.17) is 11.6 Å². The highest BCUT2D eigenvalue weighted by Gasteiger charge is 2.36. The maximum Gasteiger partial charge on any atom is 0.254 e. The molecule has 1 aromatic rings. The molecule has 114 valence electrons. The summed E-state index contributed by atoms with van der Waals surface area (Å²) in [6.45, 7) is 0.870. The lowest BCUT2D eigenvalue weighted by molar-refractivity contribution is 0.0689. The minimum Gasteiger partial charge on any atom is -0.373 e. The first-order valence-corrected chi connectivity index (χ1v) is 8.23. The van der Waals surface area contributed by atoms with Crippen LogP contribution >= 0.6 is 11.6 Å². The van der Waals surface area contributed by atoms with Crippen LogP contribution in [0.5, 0.6) is 0 Å². The Kier molecular flexibility index (Phi) is 4.34. The summed E-state index contributed by atoms with van der Waals surface area (Å²) >= 11 is 6.02. The van der Waals surface area contributed by atoms with Crippen molar-refractivity contribution in [1.82, 2.24) is 9.88 Å². The van der Waals surface area contributed by atoms with Crippen LogP contribution in [0.15, 0.2) is 12.1 Å². The fourth-order valence-corrected chi connectivity index (χ4v) is 4.00. The summed E-state index contributed by atoms with van der Waals surface area (Å²) in [6, 6.07) is 3.89. The standard InChI is InChI=1S/C16H22ClN3O/c1-18-15-10-12(9-14(17)19-15)16(21)20-8-4-7-13(20)11-5-2-3-6-11/h9-11,13H,2-8H2,1H3,(H,18,19). The van der Waals surface area contributed by atoms with E-state index in [1.165, 1.54) is 25.7 Å². The number of pyridine rings is 1. The molecule has 1 aliphatic heterocycles. The molecular formula is C16H22ClN3O. The predicted octanol–water partition coefficient (Wildman–Crippen LogP) is 3.57. The van der Waals surface area contributed by atoms with Crippen molar-refractivity contribution in [3.8, 4) is 0 Å². The second-order valence-electron chi connectivity index (χ2n) is 6.07. The Morgan fingerprint density at radius 3 is 2.76 bits per heavy atom. The lowest BCUT2D eigenvalue weighted by atomic mass is 9.95.